The Morgan fingerprint density at radius 1 is 1.33 bits per heavy atom. The molecule has 0 heterocycles. The number of nitrogens with one attached hydrogen (secondary N) is 1. The highest BCUT2D eigenvalue weighted by molar-refractivity contribution is 6.30. The zero-order chi connectivity index (χ0) is 18.1. The number of ether oxygens (including phenoxy) is 2. The minimum absolute atomic E-state index is 0.0369. The summed E-state index contributed by atoms with van der Waals surface area (Å²) in [7, 11) is 1.57. The Bertz CT molecular complexity index is 564. The zero-order valence-corrected chi connectivity index (χ0v) is 15.4. The molecule has 0 aliphatic heterocycles. The van der Waals surface area contributed by atoms with Crippen LogP contribution in [0.5, 0.6) is 5.75 Å². The van der Waals surface area contributed by atoms with E-state index < -0.39 is 5.97 Å². The van der Waals surface area contributed by atoms with E-state index in [-0.39, 0.29) is 24.9 Å². The summed E-state index contributed by atoms with van der Waals surface area (Å²) in [4.78, 5) is 25.5. The van der Waals surface area contributed by atoms with Gasteiger partial charge in [-0.3, -0.25) is 9.59 Å². The van der Waals surface area contributed by atoms with Gasteiger partial charge in [-0.05, 0) is 39.0 Å². The highest BCUT2D eigenvalue weighted by Gasteiger charge is 2.20. The molecule has 1 amide bonds. The lowest BCUT2D eigenvalue weighted by atomic mass is 10.2. The molecule has 6 nitrogen and oxygen atoms in total. The average Bonchev–Trinajstić information content (AvgIpc) is 2.52. The third-order valence-electron chi connectivity index (χ3n) is 3.36. The molecule has 134 valence electrons. The molecule has 0 saturated heterocycles. The SMILES string of the molecule is CCOC(=O)CN(C(=O)CCNc1cc(Cl)ccc1OC)C(C)C. The van der Waals surface area contributed by atoms with Gasteiger partial charge in [-0.2, -0.15) is 0 Å². The molecule has 7 heteroatoms. The van der Waals surface area contributed by atoms with Gasteiger partial charge in [-0.25, -0.2) is 0 Å². The number of anilines is 1. The monoisotopic (exact) mass is 356 g/mol. The Morgan fingerprint density at radius 3 is 2.62 bits per heavy atom. The summed E-state index contributed by atoms with van der Waals surface area (Å²) in [5.41, 5.74) is 0.722. The van der Waals surface area contributed by atoms with Gasteiger partial charge in [0.25, 0.3) is 0 Å². The first-order valence-electron chi connectivity index (χ1n) is 7.91. The Hall–Kier alpha value is -1.95. The summed E-state index contributed by atoms with van der Waals surface area (Å²) in [5.74, 6) is 0.134. The molecule has 1 N–H and O–H groups in total. The minimum atomic E-state index is -0.399. The topological polar surface area (TPSA) is 67.9 Å². The number of carbonyl (C=O) groups excluding carboxylic acids is 2. The number of methoxy groups -OCH3 is 1. The Kier molecular flexibility index (Phi) is 8.40. The number of carbonyl (C=O) groups is 2. The van der Waals surface area contributed by atoms with Gasteiger partial charge in [0, 0.05) is 24.0 Å². The van der Waals surface area contributed by atoms with Gasteiger partial charge >= 0.3 is 5.97 Å². The number of amides is 1. The van der Waals surface area contributed by atoms with E-state index in [0.29, 0.717) is 23.9 Å². The minimum Gasteiger partial charge on any atom is -0.495 e. The maximum atomic E-state index is 12.4. The van der Waals surface area contributed by atoms with Crippen molar-refractivity contribution >= 4 is 29.2 Å². The molecule has 0 atom stereocenters. The van der Waals surface area contributed by atoms with Gasteiger partial charge in [0.05, 0.1) is 19.4 Å². The van der Waals surface area contributed by atoms with Crippen molar-refractivity contribution in [2.75, 3.05) is 32.1 Å². The van der Waals surface area contributed by atoms with E-state index in [1.165, 1.54) is 4.90 Å². The van der Waals surface area contributed by atoms with Crippen LogP contribution < -0.4 is 10.1 Å². The fourth-order valence-electron chi connectivity index (χ4n) is 2.17. The van der Waals surface area contributed by atoms with Crippen LogP contribution in [0.15, 0.2) is 18.2 Å². The molecule has 0 radical (unpaired) electrons. The van der Waals surface area contributed by atoms with E-state index in [1.807, 2.05) is 13.8 Å². The first-order valence-corrected chi connectivity index (χ1v) is 8.29. The standard InChI is InChI=1S/C17H25ClN2O4/c1-5-24-17(22)11-20(12(2)3)16(21)8-9-19-14-10-13(18)6-7-15(14)23-4/h6-7,10,12,19H,5,8-9,11H2,1-4H3. The van der Waals surface area contributed by atoms with Crippen molar-refractivity contribution in [1.82, 2.24) is 4.90 Å². The van der Waals surface area contributed by atoms with Crippen LogP contribution in [-0.2, 0) is 14.3 Å². The Labute approximate surface area is 148 Å². The van der Waals surface area contributed by atoms with Crippen LogP contribution in [0, 0.1) is 0 Å². The molecule has 1 rings (SSSR count). The van der Waals surface area contributed by atoms with Crippen LogP contribution >= 0.6 is 11.6 Å². The zero-order valence-electron chi connectivity index (χ0n) is 14.6. The number of benzene rings is 1. The van der Waals surface area contributed by atoms with E-state index in [1.54, 1.807) is 32.2 Å². The number of hydrogen-bond donors (Lipinski definition) is 1. The first kappa shape index (κ1) is 20.1. The molecule has 1 aromatic rings. The summed E-state index contributed by atoms with van der Waals surface area (Å²) in [6.07, 6.45) is 0.243. The van der Waals surface area contributed by atoms with Gasteiger partial charge < -0.3 is 19.7 Å². The van der Waals surface area contributed by atoms with Gasteiger partial charge in [0.2, 0.25) is 5.91 Å². The molecule has 1 aromatic carbocycles. The van der Waals surface area contributed by atoms with Crippen molar-refractivity contribution in [1.29, 1.82) is 0 Å². The average molecular weight is 357 g/mol. The predicted octanol–water partition coefficient (Wildman–Crippen LogP) is 2.95. The molecule has 0 unspecified atom stereocenters. The molecular weight excluding hydrogens is 332 g/mol. The fourth-order valence-corrected chi connectivity index (χ4v) is 2.34. The van der Waals surface area contributed by atoms with Crippen LogP contribution in [0.4, 0.5) is 5.69 Å². The largest absolute Gasteiger partial charge is 0.495 e. The van der Waals surface area contributed by atoms with E-state index in [4.69, 9.17) is 21.1 Å². The molecule has 0 aliphatic rings. The van der Waals surface area contributed by atoms with Crippen LogP contribution in [0.3, 0.4) is 0 Å². The lowest BCUT2D eigenvalue weighted by Gasteiger charge is -2.26. The number of rotatable bonds is 9. The van der Waals surface area contributed by atoms with E-state index in [0.717, 1.165) is 5.69 Å². The maximum Gasteiger partial charge on any atom is 0.325 e. The normalized spacial score (nSPS) is 10.4. The third kappa shape index (κ3) is 6.28. The summed E-state index contributed by atoms with van der Waals surface area (Å²) in [6, 6.07) is 5.15. The van der Waals surface area contributed by atoms with Gasteiger partial charge in [-0.1, -0.05) is 11.6 Å². The molecule has 0 aromatic heterocycles. The predicted molar refractivity (Wildman–Crippen MR) is 94.6 cm³/mol. The number of nitrogens with zero attached hydrogens (tertiary/aromatic N) is 1. The maximum absolute atomic E-state index is 12.4. The first-order chi connectivity index (χ1) is 11.4. The fraction of sp³-hybridized carbons (Fsp3) is 0.529. The highest BCUT2D eigenvalue weighted by Crippen LogP contribution is 2.27. The Balaban J connectivity index is 2.60. The van der Waals surface area contributed by atoms with Crippen LogP contribution in [0.25, 0.3) is 0 Å². The second kappa shape index (κ2) is 10.0. The van der Waals surface area contributed by atoms with Crippen molar-refractivity contribution in [3.8, 4) is 5.75 Å². The Morgan fingerprint density at radius 2 is 2.04 bits per heavy atom. The molecule has 0 fully saturated rings. The number of halogens is 1. The van der Waals surface area contributed by atoms with Gasteiger partial charge in [-0.15, -0.1) is 0 Å². The molecule has 0 saturated carbocycles. The van der Waals surface area contributed by atoms with Crippen molar-refractivity contribution in [3.05, 3.63) is 23.2 Å². The summed E-state index contributed by atoms with van der Waals surface area (Å²) in [5, 5.41) is 3.71. The smallest absolute Gasteiger partial charge is 0.325 e. The highest BCUT2D eigenvalue weighted by atomic mass is 35.5. The molecule has 24 heavy (non-hydrogen) atoms. The van der Waals surface area contributed by atoms with Crippen LogP contribution in [-0.4, -0.2) is 49.6 Å². The summed E-state index contributed by atoms with van der Waals surface area (Å²) in [6.45, 7) is 6.14. The second-order valence-corrected chi connectivity index (χ2v) is 5.88. The summed E-state index contributed by atoms with van der Waals surface area (Å²) >= 11 is 5.97. The molecule has 0 bridgehead atoms. The lowest BCUT2D eigenvalue weighted by Crippen LogP contribution is -2.41. The van der Waals surface area contributed by atoms with E-state index in [9.17, 15) is 9.59 Å². The van der Waals surface area contributed by atoms with Crippen LogP contribution in [0.1, 0.15) is 27.2 Å². The van der Waals surface area contributed by atoms with Crippen molar-refractivity contribution in [2.24, 2.45) is 0 Å². The van der Waals surface area contributed by atoms with Gasteiger partial charge in [0.15, 0.2) is 0 Å². The third-order valence-corrected chi connectivity index (χ3v) is 3.60. The second-order valence-electron chi connectivity index (χ2n) is 5.44. The van der Waals surface area contributed by atoms with Crippen molar-refractivity contribution < 1.29 is 19.1 Å². The lowest BCUT2D eigenvalue weighted by molar-refractivity contribution is -0.150. The van der Waals surface area contributed by atoms with Crippen LogP contribution in [0.2, 0.25) is 5.02 Å². The summed E-state index contributed by atoms with van der Waals surface area (Å²) < 4.78 is 10.2. The number of esters is 1. The molecule has 0 aliphatic carbocycles. The van der Waals surface area contributed by atoms with E-state index in [2.05, 4.69) is 5.32 Å². The van der Waals surface area contributed by atoms with Gasteiger partial charge in [0.1, 0.15) is 12.3 Å². The molecular formula is C17H25ClN2O4. The quantitative estimate of drug-likeness (QED) is 0.689. The molecule has 0 spiro atoms. The van der Waals surface area contributed by atoms with Crippen molar-refractivity contribution in [3.63, 3.8) is 0 Å². The number of hydrogen-bond acceptors (Lipinski definition) is 5. The van der Waals surface area contributed by atoms with Crippen molar-refractivity contribution in [2.45, 2.75) is 33.2 Å². The van der Waals surface area contributed by atoms with E-state index >= 15 is 0 Å².